The third kappa shape index (κ3) is 5.96. The van der Waals surface area contributed by atoms with Crippen molar-refractivity contribution in [3.8, 4) is 0 Å². The summed E-state index contributed by atoms with van der Waals surface area (Å²) in [6, 6.07) is 0. The molecule has 0 aliphatic rings. The first-order valence-corrected chi connectivity index (χ1v) is 5.38. The van der Waals surface area contributed by atoms with Gasteiger partial charge in [0, 0.05) is 13.1 Å². The van der Waals surface area contributed by atoms with E-state index in [1.807, 2.05) is 6.92 Å². The first kappa shape index (κ1) is 13.6. The molecule has 0 spiro atoms. The highest BCUT2D eigenvalue weighted by molar-refractivity contribution is 5.41. The number of rotatable bonds is 8. The quantitative estimate of drug-likeness (QED) is 0.682. The standard InChI is InChI=1S/C10H16F2N4O/c1-2-14-9-5-13-6-10(16-9)15-3-4-17-7-8(11)12/h5-6,8H,2-4,7H2,1H3,(H2,14,15,16). The minimum Gasteiger partial charge on any atom is -0.374 e. The third-order valence-electron chi connectivity index (χ3n) is 1.79. The second-order valence-electron chi connectivity index (χ2n) is 3.21. The lowest BCUT2D eigenvalue weighted by molar-refractivity contribution is 0.0215. The van der Waals surface area contributed by atoms with Crippen LogP contribution >= 0.6 is 0 Å². The summed E-state index contributed by atoms with van der Waals surface area (Å²) in [5.41, 5.74) is 0. The van der Waals surface area contributed by atoms with Gasteiger partial charge in [-0.15, -0.1) is 0 Å². The average molecular weight is 246 g/mol. The average Bonchev–Trinajstić information content (AvgIpc) is 2.29. The van der Waals surface area contributed by atoms with E-state index in [0.29, 0.717) is 18.2 Å². The zero-order chi connectivity index (χ0) is 12.5. The van der Waals surface area contributed by atoms with Crippen LogP contribution in [0.2, 0.25) is 0 Å². The van der Waals surface area contributed by atoms with Crippen molar-refractivity contribution in [1.29, 1.82) is 0 Å². The number of nitrogens with one attached hydrogen (secondary N) is 2. The molecule has 0 radical (unpaired) electrons. The fourth-order valence-corrected chi connectivity index (χ4v) is 1.14. The molecular weight excluding hydrogens is 230 g/mol. The Balaban J connectivity index is 2.24. The topological polar surface area (TPSA) is 59.1 Å². The molecule has 0 bridgehead atoms. The summed E-state index contributed by atoms with van der Waals surface area (Å²) in [5, 5.41) is 5.95. The van der Waals surface area contributed by atoms with Crippen LogP contribution in [0.4, 0.5) is 20.4 Å². The van der Waals surface area contributed by atoms with Crippen LogP contribution in [0.15, 0.2) is 12.4 Å². The maximum absolute atomic E-state index is 11.7. The molecule has 0 unspecified atom stereocenters. The third-order valence-corrected chi connectivity index (χ3v) is 1.79. The van der Waals surface area contributed by atoms with E-state index in [-0.39, 0.29) is 6.61 Å². The van der Waals surface area contributed by atoms with E-state index in [1.54, 1.807) is 12.4 Å². The summed E-state index contributed by atoms with van der Waals surface area (Å²) >= 11 is 0. The number of alkyl halides is 2. The zero-order valence-electron chi connectivity index (χ0n) is 9.62. The van der Waals surface area contributed by atoms with E-state index in [0.717, 1.165) is 6.54 Å². The number of nitrogens with zero attached hydrogens (tertiary/aromatic N) is 2. The number of hydrogen-bond acceptors (Lipinski definition) is 5. The van der Waals surface area contributed by atoms with Crippen molar-refractivity contribution in [2.24, 2.45) is 0 Å². The fourth-order valence-electron chi connectivity index (χ4n) is 1.14. The van der Waals surface area contributed by atoms with E-state index in [9.17, 15) is 8.78 Å². The molecule has 17 heavy (non-hydrogen) atoms. The van der Waals surface area contributed by atoms with Crippen molar-refractivity contribution in [3.05, 3.63) is 12.4 Å². The Kier molecular flexibility index (Phi) is 6.16. The smallest absolute Gasteiger partial charge is 0.261 e. The van der Waals surface area contributed by atoms with Crippen LogP contribution < -0.4 is 10.6 Å². The molecule has 0 amide bonds. The van der Waals surface area contributed by atoms with Crippen LogP contribution in [0.25, 0.3) is 0 Å². The minimum absolute atomic E-state index is 0.206. The first-order chi connectivity index (χ1) is 8.22. The number of ether oxygens (including phenoxy) is 1. The summed E-state index contributed by atoms with van der Waals surface area (Å²) in [6.07, 6.45) is 0.752. The van der Waals surface area contributed by atoms with Gasteiger partial charge in [0.05, 0.1) is 19.0 Å². The van der Waals surface area contributed by atoms with Gasteiger partial charge in [0.2, 0.25) is 0 Å². The number of hydrogen-bond donors (Lipinski definition) is 2. The molecule has 5 nitrogen and oxygen atoms in total. The lowest BCUT2D eigenvalue weighted by atomic mass is 10.5. The van der Waals surface area contributed by atoms with Gasteiger partial charge in [0.1, 0.15) is 18.2 Å². The van der Waals surface area contributed by atoms with Gasteiger partial charge in [-0.3, -0.25) is 4.98 Å². The molecule has 1 aromatic rings. The Morgan fingerprint density at radius 1 is 1.29 bits per heavy atom. The van der Waals surface area contributed by atoms with Gasteiger partial charge in [0.15, 0.2) is 0 Å². The molecule has 0 aromatic carbocycles. The van der Waals surface area contributed by atoms with Crippen molar-refractivity contribution in [3.63, 3.8) is 0 Å². The summed E-state index contributed by atoms with van der Waals surface area (Å²) in [7, 11) is 0. The zero-order valence-corrected chi connectivity index (χ0v) is 9.62. The van der Waals surface area contributed by atoms with Crippen molar-refractivity contribution in [1.82, 2.24) is 9.97 Å². The lowest BCUT2D eigenvalue weighted by Gasteiger charge is -2.07. The van der Waals surface area contributed by atoms with E-state index >= 15 is 0 Å². The second kappa shape index (κ2) is 7.72. The molecule has 0 saturated heterocycles. The predicted octanol–water partition coefficient (Wildman–Crippen LogP) is 1.60. The van der Waals surface area contributed by atoms with Gasteiger partial charge in [-0.25, -0.2) is 13.8 Å². The van der Waals surface area contributed by atoms with Crippen LogP contribution in [0.1, 0.15) is 6.92 Å². The highest BCUT2D eigenvalue weighted by Gasteiger charge is 2.01. The number of anilines is 2. The van der Waals surface area contributed by atoms with Crippen LogP contribution in [0.3, 0.4) is 0 Å². The normalized spacial score (nSPS) is 10.6. The second-order valence-corrected chi connectivity index (χ2v) is 3.21. The Hall–Kier alpha value is -1.50. The number of aromatic nitrogens is 2. The Bertz CT molecular complexity index is 325. The van der Waals surface area contributed by atoms with Gasteiger partial charge in [0.25, 0.3) is 6.43 Å². The molecule has 1 aromatic heterocycles. The van der Waals surface area contributed by atoms with Crippen LogP contribution in [0.5, 0.6) is 0 Å². The molecular formula is C10H16F2N4O. The van der Waals surface area contributed by atoms with Gasteiger partial charge in [-0.1, -0.05) is 0 Å². The van der Waals surface area contributed by atoms with Gasteiger partial charge < -0.3 is 15.4 Å². The first-order valence-electron chi connectivity index (χ1n) is 5.38. The highest BCUT2D eigenvalue weighted by Crippen LogP contribution is 2.05. The molecule has 1 rings (SSSR count). The molecule has 0 atom stereocenters. The van der Waals surface area contributed by atoms with Crippen molar-refractivity contribution in [2.75, 3.05) is 36.9 Å². The molecule has 0 aliphatic carbocycles. The van der Waals surface area contributed by atoms with E-state index < -0.39 is 13.0 Å². The van der Waals surface area contributed by atoms with Crippen molar-refractivity contribution in [2.45, 2.75) is 13.3 Å². The minimum atomic E-state index is -2.42. The lowest BCUT2D eigenvalue weighted by Crippen LogP contribution is -2.14. The monoisotopic (exact) mass is 246 g/mol. The van der Waals surface area contributed by atoms with Gasteiger partial charge >= 0.3 is 0 Å². The fraction of sp³-hybridized carbons (Fsp3) is 0.600. The summed E-state index contributed by atoms with van der Waals surface area (Å²) in [4.78, 5) is 8.19. The largest absolute Gasteiger partial charge is 0.374 e. The van der Waals surface area contributed by atoms with E-state index in [2.05, 4.69) is 20.6 Å². The molecule has 0 saturated carbocycles. The summed E-state index contributed by atoms with van der Waals surface area (Å²) in [5.74, 6) is 1.26. The Morgan fingerprint density at radius 2 is 2.00 bits per heavy atom. The number of halogens is 2. The van der Waals surface area contributed by atoms with Crippen LogP contribution in [-0.2, 0) is 4.74 Å². The summed E-state index contributed by atoms with van der Waals surface area (Å²) < 4.78 is 28.2. The molecule has 1 heterocycles. The molecule has 7 heteroatoms. The Labute approximate surface area is 98.6 Å². The van der Waals surface area contributed by atoms with Gasteiger partial charge in [-0.05, 0) is 6.92 Å². The predicted molar refractivity (Wildman–Crippen MR) is 61.5 cm³/mol. The Morgan fingerprint density at radius 3 is 2.65 bits per heavy atom. The SMILES string of the molecule is CCNc1cncc(NCCOCC(F)F)n1. The molecule has 0 fully saturated rings. The summed E-state index contributed by atoms with van der Waals surface area (Å²) in [6.45, 7) is 2.80. The van der Waals surface area contributed by atoms with Crippen LogP contribution in [-0.4, -0.2) is 42.7 Å². The molecule has 96 valence electrons. The van der Waals surface area contributed by atoms with Gasteiger partial charge in [-0.2, -0.15) is 0 Å². The van der Waals surface area contributed by atoms with Crippen LogP contribution in [0, 0.1) is 0 Å². The van der Waals surface area contributed by atoms with E-state index in [1.165, 1.54) is 0 Å². The van der Waals surface area contributed by atoms with E-state index in [4.69, 9.17) is 4.74 Å². The van der Waals surface area contributed by atoms with Crippen molar-refractivity contribution >= 4 is 11.6 Å². The van der Waals surface area contributed by atoms with Crippen molar-refractivity contribution < 1.29 is 13.5 Å². The molecule has 0 aliphatic heterocycles. The maximum Gasteiger partial charge on any atom is 0.261 e. The maximum atomic E-state index is 11.7. The molecule has 2 N–H and O–H groups in total. The highest BCUT2D eigenvalue weighted by atomic mass is 19.3.